The molecule has 0 bridgehead atoms. The van der Waals surface area contributed by atoms with E-state index in [1.807, 2.05) is 13.8 Å². The van der Waals surface area contributed by atoms with Gasteiger partial charge in [-0.1, -0.05) is 24.6 Å². The van der Waals surface area contributed by atoms with Gasteiger partial charge in [0.05, 0.1) is 11.6 Å². The summed E-state index contributed by atoms with van der Waals surface area (Å²) in [6, 6.07) is 5.10. The van der Waals surface area contributed by atoms with Gasteiger partial charge in [0.15, 0.2) is 0 Å². The number of rotatable bonds is 5. The molecule has 1 heterocycles. The summed E-state index contributed by atoms with van der Waals surface area (Å²) >= 11 is 6.11. The predicted molar refractivity (Wildman–Crippen MR) is 87.7 cm³/mol. The number of halogens is 1. The van der Waals surface area contributed by atoms with Gasteiger partial charge < -0.3 is 5.11 Å². The molecule has 1 aliphatic heterocycles. The van der Waals surface area contributed by atoms with Gasteiger partial charge in [-0.2, -0.15) is 4.31 Å². The zero-order valence-electron chi connectivity index (χ0n) is 13.0. The Labute approximate surface area is 137 Å². The number of aryl methyl sites for hydroxylation is 1. The first-order valence-electron chi connectivity index (χ1n) is 7.51. The molecule has 1 N–H and O–H groups in total. The molecule has 0 aliphatic carbocycles. The second kappa shape index (κ2) is 7.27. The Hall–Kier alpha value is -0.660. The third-order valence-corrected chi connectivity index (χ3v) is 6.56. The molecule has 1 aliphatic rings. The molecule has 1 unspecified atom stereocenters. The number of aliphatic hydroxyl groups excluding tert-OH is 1. The molecule has 1 atom stereocenters. The van der Waals surface area contributed by atoms with Crippen molar-refractivity contribution >= 4 is 21.6 Å². The molecule has 1 fully saturated rings. The Bertz CT molecular complexity index is 609. The molecule has 5 nitrogen and oxygen atoms in total. The van der Waals surface area contributed by atoms with Crippen molar-refractivity contribution < 1.29 is 13.5 Å². The maximum absolute atomic E-state index is 12.7. The van der Waals surface area contributed by atoms with Crippen LogP contribution in [0.15, 0.2) is 23.1 Å². The van der Waals surface area contributed by atoms with Gasteiger partial charge in [0.2, 0.25) is 10.0 Å². The van der Waals surface area contributed by atoms with Crippen LogP contribution >= 0.6 is 11.6 Å². The number of nitrogens with zero attached hydrogens (tertiary/aromatic N) is 2. The first-order valence-corrected chi connectivity index (χ1v) is 9.33. The van der Waals surface area contributed by atoms with E-state index in [4.69, 9.17) is 11.6 Å². The summed E-state index contributed by atoms with van der Waals surface area (Å²) in [5.74, 6) is 0. The van der Waals surface area contributed by atoms with E-state index in [2.05, 4.69) is 4.90 Å². The van der Waals surface area contributed by atoms with Crippen LogP contribution in [-0.2, 0) is 10.0 Å². The zero-order chi connectivity index (χ0) is 16.3. The van der Waals surface area contributed by atoms with Crippen molar-refractivity contribution in [1.82, 2.24) is 9.21 Å². The molecule has 0 saturated carbocycles. The minimum Gasteiger partial charge on any atom is -0.395 e. The van der Waals surface area contributed by atoms with Crippen molar-refractivity contribution in [2.75, 3.05) is 32.8 Å². The van der Waals surface area contributed by atoms with Crippen molar-refractivity contribution in [3.05, 3.63) is 28.8 Å². The average Bonchev–Trinajstić information content (AvgIpc) is 2.48. The van der Waals surface area contributed by atoms with Gasteiger partial charge in [-0.25, -0.2) is 8.42 Å². The number of hydrogen-bond acceptors (Lipinski definition) is 4. The van der Waals surface area contributed by atoms with Gasteiger partial charge in [0.25, 0.3) is 0 Å². The molecule has 1 aromatic rings. The predicted octanol–water partition coefficient (Wildman–Crippen LogP) is 1.73. The molecule has 2 rings (SSSR count). The average molecular weight is 347 g/mol. The highest BCUT2D eigenvalue weighted by molar-refractivity contribution is 7.89. The molecule has 7 heteroatoms. The maximum atomic E-state index is 12.7. The standard InChI is InChI=1S/C15H23ClN2O3S/c1-3-13(11-19)17-6-8-18(9-7-17)22(20,21)15-5-4-12(2)10-14(15)16/h4-5,10,13,19H,3,6-9,11H2,1-2H3. The van der Waals surface area contributed by atoms with Crippen molar-refractivity contribution in [3.8, 4) is 0 Å². The van der Waals surface area contributed by atoms with Crippen molar-refractivity contribution in [2.24, 2.45) is 0 Å². The van der Waals surface area contributed by atoms with Crippen LogP contribution in [0.3, 0.4) is 0 Å². The number of hydrogen-bond donors (Lipinski definition) is 1. The van der Waals surface area contributed by atoms with Crippen LogP contribution in [0, 0.1) is 6.92 Å². The number of benzene rings is 1. The molecule has 0 radical (unpaired) electrons. The molecular weight excluding hydrogens is 324 g/mol. The fraction of sp³-hybridized carbons (Fsp3) is 0.600. The maximum Gasteiger partial charge on any atom is 0.244 e. The van der Waals surface area contributed by atoms with Gasteiger partial charge in [-0.15, -0.1) is 0 Å². The highest BCUT2D eigenvalue weighted by atomic mass is 35.5. The first-order chi connectivity index (χ1) is 10.4. The number of piperazine rings is 1. The molecule has 22 heavy (non-hydrogen) atoms. The van der Waals surface area contributed by atoms with Crippen LogP contribution in [0.4, 0.5) is 0 Å². The lowest BCUT2D eigenvalue weighted by Gasteiger charge is -2.37. The fourth-order valence-electron chi connectivity index (χ4n) is 2.77. The summed E-state index contributed by atoms with van der Waals surface area (Å²) in [4.78, 5) is 2.31. The fourth-order valence-corrected chi connectivity index (χ4v) is 4.76. The van der Waals surface area contributed by atoms with E-state index in [1.54, 1.807) is 18.2 Å². The molecule has 124 valence electrons. The van der Waals surface area contributed by atoms with E-state index in [1.165, 1.54) is 4.31 Å². The minimum atomic E-state index is -3.56. The van der Waals surface area contributed by atoms with E-state index in [0.29, 0.717) is 26.2 Å². The van der Waals surface area contributed by atoms with E-state index < -0.39 is 10.0 Å². The second-order valence-electron chi connectivity index (χ2n) is 5.62. The zero-order valence-corrected chi connectivity index (χ0v) is 14.6. The smallest absolute Gasteiger partial charge is 0.244 e. The summed E-state index contributed by atoms with van der Waals surface area (Å²) < 4.78 is 26.9. The lowest BCUT2D eigenvalue weighted by molar-refractivity contribution is 0.0881. The van der Waals surface area contributed by atoms with E-state index >= 15 is 0 Å². The van der Waals surface area contributed by atoms with E-state index in [9.17, 15) is 13.5 Å². The Morgan fingerprint density at radius 1 is 1.27 bits per heavy atom. The molecular formula is C15H23ClN2O3S. The number of aliphatic hydroxyl groups is 1. The Kier molecular flexibility index (Phi) is 5.85. The SMILES string of the molecule is CCC(CO)N1CCN(S(=O)(=O)c2ccc(C)cc2Cl)CC1. The molecule has 0 aromatic heterocycles. The van der Waals surface area contributed by atoms with Crippen LogP contribution in [0.25, 0.3) is 0 Å². The summed E-state index contributed by atoms with van der Waals surface area (Å²) in [7, 11) is -3.56. The monoisotopic (exact) mass is 346 g/mol. The minimum absolute atomic E-state index is 0.104. The van der Waals surface area contributed by atoms with Crippen LogP contribution < -0.4 is 0 Å². The van der Waals surface area contributed by atoms with Gasteiger partial charge in [-0.05, 0) is 31.0 Å². The summed E-state index contributed by atoms with van der Waals surface area (Å²) in [5.41, 5.74) is 0.933. The summed E-state index contributed by atoms with van der Waals surface area (Å²) in [6.45, 7) is 6.10. The Morgan fingerprint density at radius 3 is 2.41 bits per heavy atom. The van der Waals surface area contributed by atoms with E-state index in [0.717, 1.165) is 12.0 Å². The van der Waals surface area contributed by atoms with Crippen molar-refractivity contribution in [2.45, 2.75) is 31.2 Å². The van der Waals surface area contributed by atoms with Crippen molar-refractivity contribution in [1.29, 1.82) is 0 Å². The number of sulfonamides is 1. The van der Waals surface area contributed by atoms with Gasteiger partial charge in [0.1, 0.15) is 4.90 Å². The van der Waals surface area contributed by atoms with Crippen LogP contribution in [0.2, 0.25) is 5.02 Å². The third kappa shape index (κ3) is 3.63. The summed E-state index contributed by atoms with van der Waals surface area (Å²) in [6.07, 6.45) is 0.854. The van der Waals surface area contributed by atoms with Gasteiger partial charge in [0, 0.05) is 32.2 Å². The molecule has 1 saturated heterocycles. The van der Waals surface area contributed by atoms with Crippen LogP contribution in [0.5, 0.6) is 0 Å². The molecule has 0 spiro atoms. The highest BCUT2D eigenvalue weighted by Crippen LogP contribution is 2.26. The van der Waals surface area contributed by atoms with Crippen LogP contribution in [-0.4, -0.2) is 61.6 Å². The quantitative estimate of drug-likeness (QED) is 0.882. The molecule has 1 aromatic carbocycles. The summed E-state index contributed by atoms with van der Waals surface area (Å²) in [5, 5.41) is 9.62. The second-order valence-corrected chi connectivity index (χ2v) is 7.93. The first kappa shape index (κ1) is 17.7. The third-order valence-electron chi connectivity index (χ3n) is 4.18. The van der Waals surface area contributed by atoms with Crippen LogP contribution in [0.1, 0.15) is 18.9 Å². The topological polar surface area (TPSA) is 60.9 Å². The molecule has 0 amide bonds. The van der Waals surface area contributed by atoms with Gasteiger partial charge in [-0.3, -0.25) is 4.90 Å². The van der Waals surface area contributed by atoms with Crippen molar-refractivity contribution in [3.63, 3.8) is 0 Å². The van der Waals surface area contributed by atoms with E-state index in [-0.39, 0.29) is 22.6 Å². The Morgan fingerprint density at radius 2 is 1.91 bits per heavy atom. The normalized spacial score (nSPS) is 19.3. The lowest BCUT2D eigenvalue weighted by Crippen LogP contribution is -2.52. The highest BCUT2D eigenvalue weighted by Gasteiger charge is 2.31. The largest absolute Gasteiger partial charge is 0.395 e. The Balaban J connectivity index is 2.13. The van der Waals surface area contributed by atoms with Gasteiger partial charge >= 0.3 is 0 Å². The lowest BCUT2D eigenvalue weighted by atomic mass is 10.2.